The molecule has 0 bridgehead atoms. The molecule has 2 rings (SSSR count). The predicted octanol–water partition coefficient (Wildman–Crippen LogP) is 0.792. The molecule has 0 radical (unpaired) electrons. The number of nitrogens with one attached hydrogen (secondary N) is 1. The third-order valence-electron chi connectivity index (χ3n) is 3.94. The summed E-state index contributed by atoms with van der Waals surface area (Å²) in [5.74, 6) is 0.784. The molecule has 110 valence electrons. The Kier molecular flexibility index (Phi) is 4.74. The van der Waals surface area contributed by atoms with E-state index in [1.165, 1.54) is 0 Å². The summed E-state index contributed by atoms with van der Waals surface area (Å²) in [5, 5.41) is 2.96. The number of carbonyl (C=O) groups is 1. The SMILES string of the molecule is CC(CCl)CS(=O)(=O)N1CCC2NC(=O)CCC2C1. The van der Waals surface area contributed by atoms with Gasteiger partial charge < -0.3 is 5.32 Å². The van der Waals surface area contributed by atoms with E-state index in [1.807, 2.05) is 6.92 Å². The van der Waals surface area contributed by atoms with Gasteiger partial charge in [0.05, 0.1) is 5.75 Å². The predicted molar refractivity (Wildman–Crippen MR) is 74.5 cm³/mol. The Morgan fingerprint density at radius 1 is 1.47 bits per heavy atom. The normalized spacial score (nSPS) is 30.5. The van der Waals surface area contributed by atoms with E-state index in [9.17, 15) is 13.2 Å². The highest BCUT2D eigenvalue weighted by molar-refractivity contribution is 7.89. The fraction of sp³-hybridized carbons (Fsp3) is 0.917. The molecule has 7 heteroatoms. The zero-order chi connectivity index (χ0) is 14.0. The van der Waals surface area contributed by atoms with Gasteiger partial charge in [-0.2, -0.15) is 0 Å². The van der Waals surface area contributed by atoms with Gasteiger partial charge in [-0.05, 0) is 24.7 Å². The van der Waals surface area contributed by atoms with Crippen LogP contribution in [0.25, 0.3) is 0 Å². The minimum Gasteiger partial charge on any atom is -0.353 e. The second-order valence-electron chi connectivity index (χ2n) is 5.66. The highest BCUT2D eigenvalue weighted by Gasteiger charge is 2.37. The van der Waals surface area contributed by atoms with Crippen molar-refractivity contribution in [2.24, 2.45) is 11.8 Å². The first-order chi connectivity index (χ1) is 8.92. The molecule has 0 saturated carbocycles. The van der Waals surface area contributed by atoms with Crippen molar-refractivity contribution in [1.82, 2.24) is 9.62 Å². The summed E-state index contributed by atoms with van der Waals surface area (Å²) in [4.78, 5) is 11.3. The average Bonchev–Trinajstić information content (AvgIpc) is 2.37. The maximum absolute atomic E-state index is 12.3. The van der Waals surface area contributed by atoms with E-state index in [2.05, 4.69) is 5.32 Å². The average molecular weight is 309 g/mol. The highest BCUT2D eigenvalue weighted by Crippen LogP contribution is 2.27. The third kappa shape index (κ3) is 3.61. The van der Waals surface area contributed by atoms with E-state index in [0.29, 0.717) is 31.8 Å². The Balaban J connectivity index is 1.98. The van der Waals surface area contributed by atoms with E-state index >= 15 is 0 Å². The number of sulfonamides is 1. The number of fused-ring (bicyclic) bond motifs is 1. The van der Waals surface area contributed by atoms with Crippen molar-refractivity contribution in [2.45, 2.75) is 32.2 Å². The molecular weight excluding hydrogens is 288 g/mol. The Hall–Kier alpha value is -0.330. The molecule has 0 aromatic carbocycles. The Bertz CT molecular complexity index is 440. The van der Waals surface area contributed by atoms with Gasteiger partial charge in [0.2, 0.25) is 15.9 Å². The molecule has 2 aliphatic rings. The van der Waals surface area contributed by atoms with Crippen LogP contribution in [-0.4, -0.2) is 49.4 Å². The van der Waals surface area contributed by atoms with Crippen molar-refractivity contribution in [3.05, 3.63) is 0 Å². The van der Waals surface area contributed by atoms with Crippen LogP contribution in [0.2, 0.25) is 0 Å². The molecule has 2 heterocycles. The van der Waals surface area contributed by atoms with E-state index in [-0.39, 0.29) is 29.5 Å². The van der Waals surface area contributed by atoms with Crippen molar-refractivity contribution < 1.29 is 13.2 Å². The number of alkyl halides is 1. The van der Waals surface area contributed by atoms with E-state index in [0.717, 1.165) is 6.42 Å². The molecule has 2 fully saturated rings. The summed E-state index contributed by atoms with van der Waals surface area (Å²) in [6, 6.07) is 0.151. The lowest BCUT2D eigenvalue weighted by Gasteiger charge is -2.40. The largest absolute Gasteiger partial charge is 0.353 e. The monoisotopic (exact) mass is 308 g/mol. The number of amides is 1. The molecule has 0 spiro atoms. The molecule has 1 amide bonds. The second-order valence-corrected chi connectivity index (χ2v) is 7.98. The van der Waals surface area contributed by atoms with Crippen molar-refractivity contribution in [3.8, 4) is 0 Å². The Morgan fingerprint density at radius 2 is 2.21 bits per heavy atom. The van der Waals surface area contributed by atoms with Crippen molar-refractivity contribution in [1.29, 1.82) is 0 Å². The first-order valence-corrected chi connectivity index (χ1v) is 8.90. The topological polar surface area (TPSA) is 66.5 Å². The lowest BCUT2D eigenvalue weighted by molar-refractivity contribution is -0.124. The number of hydrogen-bond acceptors (Lipinski definition) is 3. The summed E-state index contributed by atoms with van der Waals surface area (Å²) in [6.45, 7) is 2.87. The molecule has 19 heavy (non-hydrogen) atoms. The first kappa shape index (κ1) is 15.1. The number of hydrogen-bond donors (Lipinski definition) is 1. The summed E-state index contributed by atoms with van der Waals surface area (Å²) in [7, 11) is -3.22. The Labute approximate surface area is 119 Å². The molecular formula is C12H21ClN2O3S. The number of halogens is 1. The van der Waals surface area contributed by atoms with Crippen molar-refractivity contribution >= 4 is 27.5 Å². The number of piperidine rings is 2. The van der Waals surface area contributed by atoms with Crippen LogP contribution < -0.4 is 5.32 Å². The fourth-order valence-corrected chi connectivity index (χ4v) is 4.93. The second kappa shape index (κ2) is 5.97. The van der Waals surface area contributed by atoms with Gasteiger partial charge in [-0.3, -0.25) is 4.79 Å². The van der Waals surface area contributed by atoms with Crippen molar-refractivity contribution in [2.75, 3.05) is 24.7 Å². The number of rotatable bonds is 4. The summed E-state index contributed by atoms with van der Waals surface area (Å²) in [5.41, 5.74) is 0. The molecule has 0 aliphatic carbocycles. The molecule has 3 unspecified atom stereocenters. The van der Waals surface area contributed by atoms with Crippen LogP contribution in [-0.2, 0) is 14.8 Å². The fourth-order valence-electron chi connectivity index (χ4n) is 2.84. The van der Waals surface area contributed by atoms with Crippen LogP contribution in [0.1, 0.15) is 26.2 Å². The Morgan fingerprint density at radius 3 is 2.89 bits per heavy atom. The standard InChI is InChI=1S/C12H21ClN2O3S/c1-9(6-13)8-19(17,18)15-5-4-11-10(7-15)2-3-12(16)14-11/h9-11H,2-8H2,1H3,(H,14,16). The highest BCUT2D eigenvalue weighted by atomic mass is 35.5. The van der Waals surface area contributed by atoms with Gasteiger partial charge in [0.25, 0.3) is 0 Å². The molecule has 1 N–H and O–H groups in total. The number of nitrogens with zero attached hydrogens (tertiary/aromatic N) is 1. The zero-order valence-corrected chi connectivity index (χ0v) is 12.7. The number of carbonyl (C=O) groups excluding carboxylic acids is 1. The van der Waals surface area contributed by atoms with Crippen LogP contribution in [0, 0.1) is 11.8 Å². The van der Waals surface area contributed by atoms with E-state index in [1.54, 1.807) is 4.31 Å². The smallest absolute Gasteiger partial charge is 0.220 e. The third-order valence-corrected chi connectivity index (χ3v) is 6.57. The van der Waals surface area contributed by atoms with Gasteiger partial charge in [-0.25, -0.2) is 12.7 Å². The minimum atomic E-state index is -3.22. The maximum Gasteiger partial charge on any atom is 0.220 e. The van der Waals surface area contributed by atoms with Crippen LogP contribution >= 0.6 is 11.6 Å². The molecule has 2 saturated heterocycles. The van der Waals surface area contributed by atoms with Gasteiger partial charge in [-0.15, -0.1) is 11.6 Å². The lowest BCUT2D eigenvalue weighted by atomic mass is 9.86. The van der Waals surface area contributed by atoms with Gasteiger partial charge in [0.15, 0.2) is 0 Å². The lowest BCUT2D eigenvalue weighted by Crippen LogP contribution is -2.55. The zero-order valence-electron chi connectivity index (χ0n) is 11.1. The molecule has 3 atom stereocenters. The van der Waals surface area contributed by atoms with Gasteiger partial charge in [-0.1, -0.05) is 6.92 Å². The quantitative estimate of drug-likeness (QED) is 0.781. The van der Waals surface area contributed by atoms with Crippen LogP contribution in [0.3, 0.4) is 0 Å². The minimum absolute atomic E-state index is 0.0320. The van der Waals surface area contributed by atoms with E-state index < -0.39 is 10.0 Å². The molecule has 2 aliphatic heterocycles. The summed E-state index contributed by atoms with van der Waals surface area (Å²) in [6.07, 6.45) is 2.01. The first-order valence-electron chi connectivity index (χ1n) is 6.75. The van der Waals surface area contributed by atoms with Gasteiger partial charge in [0, 0.05) is 31.4 Å². The molecule has 0 aromatic heterocycles. The molecule has 5 nitrogen and oxygen atoms in total. The summed E-state index contributed by atoms with van der Waals surface area (Å²) >= 11 is 5.69. The van der Waals surface area contributed by atoms with Crippen LogP contribution in [0.5, 0.6) is 0 Å². The van der Waals surface area contributed by atoms with Crippen LogP contribution in [0.4, 0.5) is 0 Å². The van der Waals surface area contributed by atoms with Gasteiger partial charge in [0.1, 0.15) is 0 Å². The summed E-state index contributed by atoms with van der Waals surface area (Å²) < 4.78 is 26.1. The van der Waals surface area contributed by atoms with E-state index in [4.69, 9.17) is 11.6 Å². The van der Waals surface area contributed by atoms with Gasteiger partial charge >= 0.3 is 0 Å². The maximum atomic E-state index is 12.3. The van der Waals surface area contributed by atoms with Crippen LogP contribution in [0.15, 0.2) is 0 Å². The molecule has 0 aromatic rings. The van der Waals surface area contributed by atoms with Crippen molar-refractivity contribution in [3.63, 3.8) is 0 Å².